The molecule has 3 atom stereocenters. The number of nitrogens with one attached hydrogen (secondary N) is 3. The number of hydrogen-bond acceptors (Lipinski definition) is 4. The second kappa shape index (κ2) is 14.9. The van der Waals surface area contributed by atoms with E-state index in [0.29, 0.717) is 17.0 Å². The second-order valence-corrected chi connectivity index (χ2v) is 12.0. The van der Waals surface area contributed by atoms with Gasteiger partial charge in [0.15, 0.2) is 0 Å². The van der Waals surface area contributed by atoms with E-state index in [9.17, 15) is 24.3 Å². The number of carbonyl (C=O) groups is 4. The summed E-state index contributed by atoms with van der Waals surface area (Å²) in [5.41, 5.74) is 2.43. The van der Waals surface area contributed by atoms with E-state index in [1.54, 1.807) is 24.3 Å². The number of benzene rings is 2. The summed E-state index contributed by atoms with van der Waals surface area (Å²) >= 11 is 6.22. The van der Waals surface area contributed by atoms with Gasteiger partial charge in [0.05, 0.1) is 6.42 Å². The highest BCUT2D eigenvalue weighted by Crippen LogP contribution is 2.22. The summed E-state index contributed by atoms with van der Waals surface area (Å²) in [6.07, 6.45) is 2.61. The second-order valence-electron chi connectivity index (χ2n) is 11.6. The molecule has 0 saturated carbocycles. The summed E-state index contributed by atoms with van der Waals surface area (Å²) in [6, 6.07) is 11.6. The van der Waals surface area contributed by atoms with Crippen LogP contribution in [0.3, 0.4) is 0 Å². The highest BCUT2D eigenvalue weighted by Gasteiger charge is 2.31. The van der Waals surface area contributed by atoms with Crippen molar-refractivity contribution in [1.82, 2.24) is 20.5 Å². The monoisotopic (exact) mass is 596 g/mol. The van der Waals surface area contributed by atoms with Crippen LogP contribution in [0.25, 0.3) is 10.9 Å². The lowest BCUT2D eigenvalue weighted by molar-refractivity contribution is -0.142. The molecule has 1 heterocycles. The molecule has 9 nitrogen and oxygen atoms in total. The van der Waals surface area contributed by atoms with Gasteiger partial charge in [0, 0.05) is 35.6 Å². The van der Waals surface area contributed by atoms with E-state index < -0.39 is 35.9 Å². The number of para-hydroxylation sites is 1. The fraction of sp³-hybridized carbons (Fsp3) is 0.438. The van der Waals surface area contributed by atoms with E-state index in [1.165, 1.54) is 0 Å². The van der Waals surface area contributed by atoms with E-state index in [0.717, 1.165) is 16.5 Å². The van der Waals surface area contributed by atoms with E-state index in [1.807, 2.05) is 69.8 Å². The largest absolute Gasteiger partial charge is 0.480 e. The molecule has 0 radical (unpaired) electrons. The summed E-state index contributed by atoms with van der Waals surface area (Å²) < 4.78 is 1.94. The number of amides is 3. The summed E-state index contributed by atoms with van der Waals surface area (Å²) in [4.78, 5) is 52.1. The molecule has 0 aliphatic heterocycles. The van der Waals surface area contributed by atoms with Crippen LogP contribution in [0.4, 0.5) is 0 Å². The van der Waals surface area contributed by atoms with E-state index in [2.05, 4.69) is 16.0 Å². The number of hydrogen-bond donors (Lipinski definition) is 4. The van der Waals surface area contributed by atoms with Crippen LogP contribution in [-0.4, -0.2) is 51.5 Å². The number of aromatic nitrogens is 1. The minimum Gasteiger partial charge on any atom is -0.480 e. The number of aryl methyl sites for hydroxylation is 1. The Bertz CT molecular complexity index is 1420. The SMILES string of the molecule is CC(C)C[C@H](NC(=O)Cc1ccccc1Cl)C(=O)N[C@H](Cc1cn(C)c2ccccc12)C(=O)N[C@H](CC(C)C)C(=O)O. The van der Waals surface area contributed by atoms with Crippen molar-refractivity contribution in [3.63, 3.8) is 0 Å². The number of carboxylic acids is 1. The number of carboxylic acid groups (broad SMARTS) is 1. The van der Waals surface area contributed by atoms with Crippen molar-refractivity contribution < 1.29 is 24.3 Å². The van der Waals surface area contributed by atoms with Gasteiger partial charge in [-0.25, -0.2) is 4.79 Å². The quantitative estimate of drug-likeness (QED) is 0.221. The van der Waals surface area contributed by atoms with Crippen molar-refractivity contribution >= 4 is 46.2 Å². The van der Waals surface area contributed by atoms with Crippen LogP contribution in [0.1, 0.15) is 51.7 Å². The number of rotatable bonds is 14. The predicted molar refractivity (Wildman–Crippen MR) is 164 cm³/mol. The molecule has 3 rings (SSSR count). The molecule has 2 aromatic carbocycles. The molecular weight excluding hydrogens is 556 g/mol. The van der Waals surface area contributed by atoms with Crippen LogP contribution in [0, 0.1) is 11.8 Å². The lowest BCUT2D eigenvalue weighted by Gasteiger charge is -2.26. The molecule has 4 N–H and O–H groups in total. The van der Waals surface area contributed by atoms with Crippen LogP contribution >= 0.6 is 11.6 Å². The number of halogens is 1. The molecule has 226 valence electrons. The first kappa shape index (κ1) is 32.7. The fourth-order valence-corrected chi connectivity index (χ4v) is 5.22. The number of aliphatic carboxylic acids is 1. The molecule has 0 fully saturated rings. The molecule has 0 saturated heterocycles. The summed E-state index contributed by atoms with van der Waals surface area (Å²) in [5.74, 6) is -2.55. The Balaban J connectivity index is 1.87. The Hall–Kier alpha value is -3.85. The maximum absolute atomic E-state index is 13.7. The first-order valence-electron chi connectivity index (χ1n) is 14.2. The van der Waals surface area contributed by atoms with Gasteiger partial charge in [0.2, 0.25) is 17.7 Å². The molecule has 0 unspecified atom stereocenters. The predicted octanol–water partition coefficient (Wildman–Crippen LogP) is 4.25. The highest BCUT2D eigenvalue weighted by atomic mass is 35.5. The smallest absolute Gasteiger partial charge is 0.326 e. The van der Waals surface area contributed by atoms with E-state index >= 15 is 0 Å². The third-order valence-electron chi connectivity index (χ3n) is 7.03. The Labute approximate surface area is 252 Å². The normalized spacial score (nSPS) is 13.5. The average molecular weight is 597 g/mol. The summed E-state index contributed by atoms with van der Waals surface area (Å²) in [5, 5.41) is 19.4. The van der Waals surface area contributed by atoms with Gasteiger partial charge in [0.1, 0.15) is 18.1 Å². The van der Waals surface area contributed by atoms with E-state index in [4.69, 9.17) is 11.6 Å². The Morgan fingerprint density at radius 2 is 1.36 bits per heavy atom. The van der Waals surface area contributed by atoms with Gasteiger partial charge in [-0.2, -0.15) is 0 Å². The number of nitrogens with zero attached hydrogens (tertiary/aromatic N) is 1. The average Bonchev–Trinajstić information content (AvgIpc) is 3.23. The Morgan fingerprint density at radius 1 is 0.786 bits per heavy atom. The molecule has 3 amide bonds. The van der Waals surface area contributed by atoms with Crippen molar-refractivity contribution in [3.8, 4) is 0 Å². The minimum atomic E-state index is -1.14. The van der Waals surface area contributed by atoms with Gasteiger partial charge in [-0.15, -0.1) is 0 Å². The summed E-state index contributed by atoms with van der Waals surface area (Å²) in [6.45, 7) is 7.62. The molecule has 0 aliphatic rings. The van der Waals surface area contributed by atoms with Crippen LogP contribution < -0.4 is 16.0 Å². The van der Waals surface area contributed by atoms with Crippen LogP contribution in [0.2, 0.25) is 5.02 Å². The molecule has 1 aromatic heterocycles. The molecule has 0 bridgehead atoms. The van der Waals surface area contributed by atoms with Gasteiger partial charge < -0.3 is 25.6 Å². The molecule has 10 heteroatoms. The Morgan fingerprint density at radius 3 is 2.00 bits per heavy atom. The van der Waals surface area contributed by atoms with Gasteiger partial charge in [-0.3, -0.25) is 14.4 Å². The number of carbonyl (C=O) groups excluding carboxylic acids is 3. The number of fused-ring (bicyclic) bond motifs is 1. The maximum atomic E-state index is 13.7. The van der Waals surface area contributed by atoms with Gasteiger partial charge in [0.25, 0.3) is 0 Å². The van der Waals surface area contributed by atoms with Crippen molar-refractivity contribution in [3.05, 3.63) is 70.9 Å². The first-order chi connectivity index (χ1) is 19.8. The third-order valence-corrected chi connectivity index (χ3v) is 7.39. The molecule has 0 aliphatic carbocycles. The van der Waals surface area contributed by atoms with Gasteiger partial charge >= 0.3 is 5.97 Å². The highest BCUT2D eigenvalue weighted by molar-refractivity contribution is 6.31. The fourth-order valence-electron chi connectivity index (χ4n) is 5.02. The Kier molecular flexibility index (Phi) is 11.6. The van der Waals surface area contributed by atoms with Gasteiger partial charge in [-0.05, 0) is 47.9 Å². The summed E-state index contributed by atoms with van der Waals surface area (Å²) in [7, 11) is 1.90. The van der Waals surface area contributed by atoms with Crippen LogP contribution in [0.15, 0.2) is 54.7 Å². The lowest BCUT2D eigenvalue weighted by Crippen LogP contribution is -2.56. The standard InChI is InChI=1S/C32H41ClN4O5/c1-19(2)14-25(34-29(38)17-21-10-6-8-12-24(21)33)30(39)35-26(31(40)36-27(32(41)42)15-20(3)4)16-22-18-37(5)28-13-9-7-11-23(22)28/h6-13,18-20,25-27H,14-17H2,1-5H3,(H,34,38)(H,35,39)(H,36,40)(H,41,42)/t25-,26+,27+/m0/s1. The topological polar surface area (TPSA) is 130 Å². The molecule has 42 heavy (non-hydrogen) atoms. The lowest BCUT2D eigenvalue weighted by atomic mass is 9.99. The maximum Gasteiger partial charge on any atom is 0.326 e. The van der Waals surface area contributed by atoms with Crippen molar-refractivity contribution in [2.24, 2.45) is 18.9 Å². The molecular formula is C32H41ClN4O5. The van der Waals surface area contributed by atoms with Crippen LogP contribution in [-0.2, 0) is 39.1 Å². The zero-order valence-electron chi connectivity index (χ0n) is 24.8. The zero-order chi connectivity index (χ0) is 31.0. The molecule has 0 spiro atoms. The van der Waals surface area contributed by atoms with E-state index in [-0.39, 0.29) is 37.0 Å². The third kappa shape index (κ3) is 9.08. The zero-order valence-corrected chi connectivity index (χ0v) is 25.6. The van der Waals surface area contributed by atoms with Crippen molar-refractivity contribution in [2.75, 3.05) is 0 Å². The first-order valence-corrected chi connectivity index (χ1v) is 14.6. The van der Waals surface area contributed by atoms with Gasteiger partial charge in [-0.1, -0.05) is 75.7 Å². The minimum absolute atomic E-state index is 0.00301. The van der Waals surface area contributed by atoms with Crippen molar-refractivity contribution in [1.29, 1.82) is 0 Å². The van der Waals surface area contributed by atoms with Crippen molar-refractivity contribution in [2.45, 2.75) is 71.5 Å². The molecule has 3 aromatic rings. The van der Waals surface area contributed by atoms with Crippen LogP contribution in [0.5, 0.6) is 0 Å².